The molecule has 88 valence electrons. The first-order chi connectivity index (χ1) is 7.88. The highest BCUT2D eigenvalue weighted by atomic mass is 16.3. The van der Waals surface area contributed by atoms with Crippen molar-refractivity contribution in [2.45, 2.75) is 51.1 Å². The van der Waals surface area contributed by atoms with Gasteiger partial charge >= 0.3 is 0 Å². The molecular formula is C14H21NO. The van der Waals surface area contributed by atoms with Crippen molar-refractivity contribution in [3.05, 3.63) is 24.2 Å². The van der Waals surface area contributed by atoms with Gasteiger partial charge in [-0.15, -0.1) is 0 Å². The summed E-state index contributed by atoms with van der Waals surface area (Å²) in [6.45, 7) is 2.23. The lowest BCUT2D eigenvalue weighted by Gasteiger charge is -2.23. The van der Waals surface area contributed by atoms with Crippen molar-refractivity contribution in [3.63, 3.8) is 0 Å². The minimum atomic E-state index is 0.418. The van der Waals surface area contributed by atoms with Crippen LogP contribution in [0.5, 0.6) is 0 Å². The van der Waals surface area contributed by atoms with Gasteiger partial charge in [0.25, 0.3) is 0 Å². The van der Waals surface area contributed by atoms with Gasteiger partial charge in [-0.05, 0) is 56.1 Å². The lowest BCUT2D eigenvalue weighted by atomic mass is 10.0. The predicted molar refractivity (Wildman–Crippen MR) is 64.1 cm³/mol. The summed E-state index contributed by atoms with van der Waals surface area (Å²) in [7, 11) is 0. The van der Waals surface area contributed by atoms with E-state index in [0.717, 1.165) is 30.1 Å². The monoisotopic (exact) mass is 219 g/mol. The van der Waals surface area contributed by atoms with E-state index in [1.165, 1.54) is 25.7 Å². The standard InChI is InChI=1S/C14H21NO/c1-2-12(13-4-3-9-16-13)15-14(10-5-6-10)11-7-8-11/h3-4,9-12,14-15H,2,5-8H2,1H3. The van der Waals surface area contributed by atoms with E-state index in [0.29, 0.717) is 6.04 Å². The van der Waals surface area contributed by atoms with Crippen molar-refractivity contribution in [2.75, 3.05) is 0 Å². The van der Waals surface area contributed by atoms with Gasteiger partial charge in [0, 0.05) is 6.04 Å². The number of nitrogens with one attached hydrogen (secondary N) is 1. The van der Waals surface area contributed by atoms with Crippen molar-refractivity contribution in [1.82, 2.24) is 5.32 Å². The second-order valence-electron chi connectivity index (χ2n) is 5.34. The third kappa shape index (κ3) is 2.17. The van der Waals surface area contributed by atoms with Crippen LogP contribution in [0.4, 0.5) is 0 Å². The van der Waals surface area contributed by atoms with Crippen LogP contribution in [0.3, 0.4) is 0 Å². The summed E-state index contributed by atoms with van der Waals surface area (Å²) >= 11 is 0. The van der Waals surface area contributed by atoms with Gasteiger partial charge in [0.15, 0.2) is 0 Å². The molecule has 1 N–H and O–H groups in total. The molecule has 1 aromatic rings. The maximum absolute atomic E-state index is 5.53. The third-order valence-electron chi connectivity index (χ3n) is 3.95. The topological polar surface area (TPSA) is 25.2 Å². The van der Waals surface area contributed by atoms with Crippen LogP contribution in [0, 0.1) is 11.8 Å². The van der Waals surface area contributed by atoms with Crippen LogP contribution in [0.25, 0.3) is 0 Å². The summed E-state index contributed by atoms with van der Waals surface area (Å²) in [5, 5.41) is 3.84. The summed E-state index contributed by atoms with van der Waals surface area (Å²) in [5.41, 5.74) is 0. The van der Waals surface area contributed by atoms with Crippen LogP contribution in [0.1, 0.15) is 50.8 Å². The van der Waals surface area contributed by atoms with E-state index in [2.05, 4.69) is 18.3 Å². The third-order valence-corrected chi connectivity index (χ3v) is 3.95. The zero-order chi connectivity index (χ0) is 11.0. The van der Waals surface area contributed by atoms with Crippen LogP contribution in [0.2, 0.25) is 0 Å². The molecule has 0 amide bonds. The molecule has 3 rings (SSSR count). The Hall–Kier alpha value is -0.760. The van der Waals surface area contributed by atoms with E-state index in [4.69, 9.17) is 4.42 Å². The summed E-state index contributed by atoms with van der Waals surface area (Å²) < 4.78 is 5.53. The Balaban J connectivity index is 1.66. The molecule has 16 heavy (non-hydrogen) atoms. The fraction of sp³-hybridized carbons (Fsp3) is 0.714. The fourth-order valence-electron chi connectivity index (χ4n) is 2.69. The van der Waals surface area contributed by atoms with E-state index in [1.54, 1.807) is 6.26 Å². The summed E-state index contributed by atoms with van der Waals surface area (Å²) in [6, 6.07) is 5.26. The molecule has 0 radical (unpaired) electrons. The van der Waals surface area contributed by atoms with Gasteiger partial charge < -0.3 is 9.73 Å². The number of hydrogen-bond acceptors (Lipinski definition) is 2. The first-order valence-corrected chi connectivity index (χ1v) is 6.68. The number of furan rings is 1. The predicted octanol–water partition coefficient (Wildman–Crippen LogP) is 3.51. The Kier molecular flexibility index (Phi) is 2.76. The van der Waals surface area contributed by atoms with Crippen LogP contribution in [-0.4, -0.2) is 6.04 Å². The fourth-order valence-corrected chi connectivity index (χ4v) is 2.69. The molecule has 1 aromatic heterocycles. The molecule has 0 aromatic carbocycles. The molecule has 1 heterocycles. The lowest BCUT2D eigenvalue weighted by Crippen LogP contribution is -2.36. The van der Waals surface area contributed by atoms with Gasteiger partial charge in [0.2, 0.25) is 0 Å². The molecule has 0 saturated heterocycles. The average Bonchev–Trinajstić information content (AvgIpc) is 3.21. The van der Waals surface area contributed by atoms with E-state index in [9.17, 15) is 0 Å². The van der Waals surface area contributed by atoms with Crippen LogP contribution in [0.15, 0.2) is 22.8 Å². The molecule has 2 aliphatic carbocycles. The van der Waals surface area contributed by atoms with E-state index in [-0.39, 0.29) is 0 Å². The molecule has 1 atom stereocenters. The first-order valence-electron chi connectivity index (χ1n) is 6.68. The zero-order valence-electron chi connectivity index (χ0n) is 9.99. The summed E-state index contributed by atoms with van der Waals surface area (Å²) in [5.74, 6) is 3.02. The molecular weight excluding hydrogens is 198 g/mol. The van der Waals surface area contributed by atoms with E-state index in [1.807, 2.05) is 6.07 Å². The Labute approximate surface area is 97.4 Å². The Morgan fingerprint density at radius 2 is 2.00 bits per heavy atom. The van der Waals surface area contributed by atoms with Crippen molar-refractivity contribution >= 4 is 0 Å². The molecule has 2 aliphatic rings. The number of rotatable bonds is 6. The van der Waals surface area contributed by atoms with E-state index >= 15 is 0 Å². The van der Waals surface area contributed by atoms with Gasteiger partial charge in [-0.1, -0.05) is 6.92 Å². The molecule has 2 nitrogen and oxygen atoms in total. The largest absolute Gasteiger partial charge is 0.468 e. The lowest BCUT2D eigenvalue weighted by molar-refractivity contribution is 0.323. The molecule has 2 saturated carbocycles. The maximum atomic E-state index is 5.53. The molecule has 2 fully saturated rings. The van der Waals surface area contributed by atoms with Gasteiger partial charge in [-0.25, -0.2) is 0 Å². The van der Waals surface area contributed by atoms with E-state index < -0.39 is 0 Å². The van der Waals surface area contributed by atoms with Gasteiger partial charge in [-0.2, -0.15) is 0 Å². The Morgan fingerprint density at radius 3 is 2.44 bits per heavy atom. The molecule has 2 heteroatoms. The van der Waals surface area contributed by atoms with Gasteiger partial charge in [0.1, 0.15) is 5.76 Å². The quantitative estimate of drug-likeness (QED) is 0.792. The smallest absolute Gasteiger partial charge is 0.120 e. The molecule has 1 unspecified atom stereocenters. The van der Waals surface area contributed by atoms with Crippen molar-refractivity contribution in [3.8, 4) is 0 Å². The van der Waals surface area contributed by atoms with Crippen molar-refractivity contribution in [2.24, 2.45) is 11.8 Å². The second-order valence-corrected chi connectivity index (χ2v) is 5.34. The first kappa shape index (κ1) is 10.4. The zero-order valence-corrected chi connectivity index (χ0v) is 9.99. The van der Waals surface area contributed by atoms with Crippen LogP contribution < -0.4 is 5.32 Å². The summed E-state index contributed by atoms with van der Waals surface area (Å²) in [4.78, 5) is 0. The Bertz CT molecular complexity index is 313. The van der Waals surface area contributed by atoms with Crippen LogP contribution in [-0.2, 0) is 0 Å². The average molecular weight is 219 g/mol. The molecule has 0 spiro atoms. The second kappa shape index (κ2) is 4.25. The Morgan fingerprint density at radius 1 is 1.31 bits per heavy atom. The summed E-state index contributed by atoms with van der Waals surface area (Å²) in [6.07, 6.45) is 8.63. The normalized spacial score (nSPS) is 22.6. The highest BCUT2D eigenvalue weighted by molar-refractivity contribution is 5.06. The van der Waals surface area contributed by atoms with Gasteiger partial charge in [0.05, 0.1) is 12.3 Å². The van der Waals surface area contributed by atoms with Crippen molar-refractivity contribution < 1.29 is 4.42 Å². The van der Waals surface area contributed by atoms with Crippen LogP contribution >= 0.6 is 0 Å². The highest BCUT2D eigenvalue weighted by Gasteiger charge is 2.42. The highest BCUT2D eigenvalue weighted by Crippen LogP contribution is 2.45. The minimum Gasteiger partial charge on any atom is -0.468 e. The van der Waals surface area contributed by atoms with Gasteiger partial charge in [-0.3, -0.25) is 0 Å². The minimum absolute atomic E-state index is 0.418. The maximum Gasteiger partial charge on any atom is 0.120 e. The number of hydrogen-bond donors (Lipinski definition) is 1. The SMILES string of the molecule is CCC(NC(C1CC1)C1CC1)c1ccco1. The molecule has 0 aliphatic heterocycles. The van der Waals surface area contributed by atoms with Crippen molar-refractivity contribution in [1.29, 1.82) is 0 Å². The molecule has 0 bridgehead atoms.